The van der Waals surface area contributed by atoms with E-state index in [1.807, 2.05) is 60.7 Å². The number of carbonyl (C=O) groups excluding carboxylic acids is 1. The van der Waals surface area contributed by atoms with Crippen molar-refractivity contribution >= 4 is 18.1 Å². The first kappa shape index (κ1) is 17.4. The van der Waals surface area contributed by atoms with Gasteiger partial charge in [-0.05, 0) is 59.7 Å². The van der Waals surface area contributed by atoms with E-state index in [9.17, 15) is 4.79 Å². The van der Waals surface area contributed by atoms with Gasteiger partial charge in [-0.1, -0.05) is 24.3 Å². The van der Waals surface area contributed by atoms with Crippen LogP contribution in [0.25, 0.3) is 23.4 Å². The summed E-state index contributed by atoms with van der Waals surface area (Å²) in [6.07, 6.45) is 5.71. The van der Waals surface area contributed by atoms with E-state index >= 15 is 0 Å². The molecule has 5 nitrogen and oxygen atoms in total. The second-order valence-corrected chi connectivity index (χ2v) is 5.60. The first-order valence-electron chi connectivity index (χ1n) is 8.02. The summed E-state index contributed by atoms with van der Waals surface area (Å²) >= 11 is 0. The number of nitrogens with zero attached hydrogens (tertiary/aromatic N) is 1. The van der Waals surface area contributed by atoms with E-state index in [1.165, 1.54) is 0 Å². The number of aromatic nitrogens is 1. The Morgan fingerprint density at radius 1 is 1.00 bits per heavy atom. The van der Waals surface area contributed by atoms with E-state index in [1.54, 1.807) is 30.9 Å². The second kappa shape index (κ2) is 8.09. The summed E-state index contributed by atoms with van der Waals surface area (Å²) < 4.78 is 5.18. The van der Waals surface area contributed by atoms with Crippen molar-refractivity contribution < 1.29 is 14.7 Å². The zero-order valence-corrected chi connectivity index (χ0v) is 14.2. The molecular weight excluding hydrogens is 328 g/mol. The molecule has 2 aromatic carbocycles. The summed E-state index contributed by atoms with van der Waals surface area (Å²) in [4.78, 5) is 15.7. The highest BCUT2D eigenvalue weighted by atomic mass is 16.5. The van der Waals surface area contributed by atoms with Crippen molar-refractivity contribution in [2.75, 3.05) is 7.11 Å². The standard InChI is InChI=1S/C21H18N2O3/c1-26-19-10-8-17(9-11-19)20-14-16(12-13-22-20)3-2-15-4-6-18(7-5-15)21(24)23-25/h2-14,25H,1H3,(H,23,24)/b3-2+. The Labute approximate surface area is 151 Å². The molecule has 0 radical (unpaired) electrons. The first-order valence-corrected chi connectivity index (χ1v) is 8.02. The van der Waals surface area contributed by atoms with Gasteiger partial charge >= 0.3 is 0 Å². The number of nitrogens with one attached hydrogen (secondary N) is 1. The van der Waals surface area contributed by atoms with Gasteiger partial charge in [0.25, 0.3) is 5.91 Å². The fourth-order valence-corrected chi connectivity index (χ4v) is 2.47. The van der Waals surface area contributed by atoms with Gasteiger partial charge in [0, 0.05) is 17.3 Å². The maximum Gasteiger partial charge on any atom is 0.274 e. The average Bonchev–Trinajstić information content (AvgIpc) is 2.72. The van der Waals surface area contributed by atoms with Crippen molar-refractivity contribution in [3.8, 4) is 17.0 Å². The number of methoxy groups -OCH3 is 1. The summed E-state index contributed by atoms with van der Waals surface area (Å²) in [5.41, 5.74) is 5.87. The van der Waals surface area contributed by atoms with Gasteiger partial charge in [0.05, 0.1) is 12.8 Å². The lowest BCUT2D eigenvalue weighted by Crippen LogP contribution is -2.18. The normalized spacial score (nSPS) is 10.7. The first-order chi connectivity index (χ1) is 12.7. The van der Waals surface area contributed by atoms with Crippen molar-refractivity contribution in [2.24, 2.45) is 0 Å². The van der Waals surface area contributed by atoms with Crippen LogP contribution >= 0.6 is 0 Å². The Morgan fingerprint density at radius 3 is 2.35 bits per heavy atom. The predicted octanol–water partition coefficient (Wildman–Crippen LogP) is 4.05. The van der Waals surface area contributed by atoms with E-state index in [0.717, 1.165) is 28.1 Å². The summed E-state index contributed by atoms with van der Waals surface area (Å²) in [7, 11) is 1.64. The summed E-state index contributed by atoms with van der Waals surface area (Å²) in [5, 5.41) is 8.63. The molecule has 0 atom stereocenters. The minimum atomic E-state index is -0.529. The molecule has 0 unspecified atom stereocenters. The smallest absolute Gasteiger partial charge is 0.274 e. The Morgan fingerprint density at radius 2 is 1.69 bits per heavy atom. The zero-order valence-electron chi connectivity index (χ0n) is 14.2. The van der Waals surface area contributed by atoms with Crippen LogP contribution in [0.4, 0.5) is 0 Å². The SMILES string of the molecule is COc1ccc(-c2cc(/C=C/c3ccc(C(=O)NO)cc3)ccn2)cc1. The Bertz CT molecular complexity index is 917. The number of hydroxylamine groups is 1. The molecule has 0 aliphatic rings. The lowest BCUT2D eigenvalue weighted by molar-refractivity contribution is 0.0706. The van der Waals surface area contributed by atoms with Crippen LogP contribution in [-0.4, -0.2) is 23.2 Å². The molecule has 0 bridgehead atoms. The third kappa shape index (κ3) is 4.15. The topological polar surface area (TPSA) is 71.5 Å². The highest BCUT2D eigenvalue weighted by molar-refractivity contribution is 5.93. The maximum absolute atomic E-state index is 11.3. The number of benzene rings is 2. The maximum atomic E-state index is 11.3. The quantitative estimate of drug-likeness (QED) is 0.540. The third-order valence-corrected chi connectivity index (χ3v) is 3.91. The molecule has 26 heavy (non-hydrogen) atoms. The molecule has 130 valence electrons. The molecule has 0 fully saturated rings. The molecule has 1 aromatic heterocycles. The van der Waals surface area contributed by atoms with Crippen molar-refractivity contribution in [3.05, 3.63) is 83.6 Å². The van der Waals surface area contributed by atoms with E-state index in [0.29, 0.717) is 5.56 Å². The summed E-state index contributed by atoms with van der Waals surface area (Å²) in [5.74, 6) is 0.280. The van der Waals surface area contributed by atoms with Gasteiger partial charge in [-0.15, -0.1) is 0 Å². The van der Waals surface area contributed by atoms with Gasteiger partial charge in [-0.25, -0.2) is 5.48 Å². The molecular formula is C21H18N2O3. The van der Waals surface area contributed by atoms with Crippen LogP contribution < -0.4 is 10.2 Å². The van der Waals surface area contributed by atoms with E-state index in [-0.39, 0.29) is 0 Å². The van der Waals surface area contributed by atoms with Crippen LogP contribution in [0.3, 0.4) is 0 Å². The lowest BCUT2D eigenvalue weighted by atomic mass is 10.1. The number of pyridine rings is 1. The fourth-order valence-electron chi connectivity index (χ4n) is 2.47. The highest BCUT2D eigenvalue weighted by Gasteiger charge is 2.03. The second-order valence-electron chi connectivity index (χ2n) is 5.60. The molecule has 5 heteroatoms. The predicted molar refractivity (Wildman–Crippen MR) is 101 cm³/mol. The highest BCUT2D eigenvalue weighted by Crippen LogP contribution is 2.22. The van der Waals surface area contributed by atoms with E-state index in [2.05, 4.69) is 4.98 Å². The summed E-state index contributed by atoms with van der Waals surface area (Å²) in [6.45, 7) is 0. The van der Waals surface area contributed by atoms with Crippen LogP contribution in [0.15, 0.2) is 66.9 Å². The molecule has 3 rings (SSSR count). The van der Waals surface area contributed by atoms with Crippen LogP contribution in [0.5, 0.6) is 5.75 Å². The minimum absolute atomic E-state index is 0.398. The lowest BCUT2D eigenvalue weighted by Gasteiger charge is -2.04. The molecule has 0 saturated heterocycles. The van der Waals surface area contributed by atoms with Crippen molar-refractivity contribution in [2.45, 2.75) is 0 Å². The molecule has 2 N–H and O–H groups in total. The fraction of sp³-hybridized carbons (Fsp3) is 0.0476. The van der Waals surface area contributed by atoms with Crippen LogP contribution in [-0.2, 0) is 0 Å². The molecule has 1 amide bonds. The number of rotatable bonds is 5. The molecule has 0 aliphatic heterocycles. The molecule has 0 saturated carbocycles. The minimum Gasteiger partial charge on any atom is -0.497 e. The Balaban J connectivity index is 1.77. The number of amides is 1. The van der Waals surface area contributed by atoms with Crippen molar-refractivity contribution in [1.82, 2.24) is 10.5 Å². The van der Waals surface area contributed by atoms with Crippen molar-refractivity contribution in [3.63, 3.8) is 0 Å². The van der Waals surface area contributed by atoms with E-state index < -0.39 is 5.91 Å². The van der Waals surface area contributed by atoms with Gasteiger partial charge in [0.1, 0.15) is 5.75 Å². The third-order valence-electron chi connectivity index (χ3n) is 3.91. The van der Waals surface area contributed by atoms with Gasteiger partial charge in [-0.3, -0.25) is 15.0 Å². The largest absolute Gasteiger partial charge is 0.497 e. The zero-order chi connectivity index (χ0) is 18.4. The van der Waals surface area contributed by atoms with Gasteiger partial charge in [0.2, 0.25) is 0 Å². The van der Waals surface area contributed by atoms with Crippen LogP contribution in [0.2, 0.25) is 0 Å². The molecule has 0 aliphatic carbocycles. The molecule has 3 aromatic rings. The van der Waals surface area contributed by atoms with Gasteiger partial charge in [0.15, 0.2) is 0 Å². The Hall–Kier alpha value is -3.44. The van der Waals surface area contributed by atoms with Crippen molar-refractivity contribution in [1.29, 1.82) is 0 Å². The van der Waals surface area contributed by atoms with E-state index in [4.69, 9.17) is 9.94 Å². The van der Waals surface area contributed by atoms with Gasteiger partial charge in [-0.2, -0.15) is 0 Å². The molecule has 1 heterocycles. The van der Waals surface area contributed by atoms with Gasteiger partial charge < -0.3 is 4.74 Å². The number of hydrogen-bond donors (Lipinski definition) is 2. The molecule has 0 spiro atoms. The van der Waals surface area contributed by atoms with Crippen LogP contribution in [0, 0.1) is 0 Å². The average molecular weight is 346 g/mol. The summed E-state index contributed by atoms with van der Waals surface area (Å²) in [6, 6.07) is 18.6. The number of hydrogen-bond acceptors (Lipinski definition) is 4. The Kier molecular flexibility index (Phi) is 5.41. The van der Waals surface area contributed by atoms with Crippen LogP contribution in [0.1, 0.15) is 21.5 Å². The monoisotopic (exact) mass is 346 g/mol. The number of ether oxygens (including phenoxy) is 1. The number of carbonyl (C=O) groups is 1.